The maximum Gasteiger partial charge on any atom is 0.500 e. The largest absolute Gasteiger partial charge is 0.500 e. The summed E-state index contributed by atoms with van der Waals surface area (Å²) in [5.41, 5.74) is 0. The molecule has 0 radical (unpaired) electrons. The molecular formula is C10H23IO3Si. The zero-order valence-corrected chi connectivity index (χ0v) is 13.2. The molecule has 0 aromatic rings. The van der Waals surface area contributed by atoms with Crippen LogP contribution in [0.2, 0.25) is 6.04 Å². The molecule has 0 amide bonds. The van der Waals surface area contributed by atoms with Crippen molar-refractivity contribution in [1.82, 2.24) is 0 Å². The number of halogens is 1. The van der Waals surface area contributed by atoms with Crippen molar-refractivity contribution >= 4 is 31.4 Å². The monoisotopic (exact) mass is 346 g/mol. The molecule has 0 unspecified atom stereocenters. The van der Waals surface area contributed by atoms with E-state index in [0.717, 1.165) is 12.5 Å². The van der Waals surface area contributed by atoms with E-state index in [0.29, 0.717) is 0 Å². The number of rotatable bonds is 10. The Morgan fingerprint density at radius 2 is 1.27 bits per heavy atom. The first-order valence-electron chi connectivity index (χ1n) is 5.46. The van der Waals surface area contributed by atoms with Crippen molar-refractivity contribution in [3.8, 4) is 0 Å². The first-order chi connectivity index (χ1) is 7.24. The molecule has 0 heterocycles. The van der Waals surface area contributed by atoms with Crippen molar-refractivity contribution in [3.05, 3.63) is 0 Å². The molecule has 0 spiro atoms. The van der Waals surface area contributed by atoms with Crippen molar-refractivity contribution in [2.45, 2.75) is 38.1 Å². The van der Waals surface area contributed by atoms with Gasteiger partial charge in [0.1, 0.15) is 0 Å². The molecule has 0 bridgehead atoms. The molecule has 0 aliphatic heterocycles. The van der Waals surface area contributed by atoms with Crippen molar-refractivity contribution in [2.24, 2.45) is 0 Å². The van der Waals surface area contributed by atoms with Crippen LogP contribution < -0.4 is 0 Å². The quantitative estimate of drug-likeness (QED) is 0.263. The standard InChI is InChI=1S/C10H23IO3Si/c1-12-15(13-2,14-3)10-8-6-4-5-7-9-11/h4-10H2,1-3H3. The van der Waals surface area contributed by atoms with Crippen LogP contribution in [0.15, 0.2) is 0 Å². The van der Waals surface area contributed by atoms with E-state index in [2.05, 4.69) is 22.6 Å². The lowest BCUT2D eigenvalue weighted by molar-refractivity contribution is 0.122. The van der Waals surface area contributed by atoms with Gasteiger partial charge >= 0.3 is 8.80 Å². The molecule has 5 heteroatoms. The summed E-state index contributed by atoms with van der Waals surface area (Å²) < 4.78 is 17.3. The van der Waals surface area contributed by atoms with E-state index in [-0.39, 0.29) is 0 Å². The highest BCUT2D eigenvalue weighted by Crippen LogP contribution is 2.17. The van der Waals surface area contributed by atoms with Crippen LogP contribution in [0.5, 0.6) is 0 Å². The van der Waals surface area contributed by atoms with Crippen LogP contribution in [0.3, 0.4) is 0 Å². The summed E-state index contributed by atoms with van der Waals surface area (Å²) in [5, 5.41) is 0. The number of hydrogen-bond acceptors (Lipinski definition) is 3. The maximum absolute atomic E-state index is 5.36. The number of unbranched alkanes of at least 4 members (excludes halogenated alkanes) is 4. The highest BCUT2D eigenvalue weighted by atomic mass is 127. The molecule has 0 fully saturated rings. The molecule has 15 heavy (non-hydrogen) atoms. The Morgan fingerprint density at radius 3 is 1.73 bits per heavy atom. The number of alkyl halides is 1. The molecule has 0 aliphatic rings. The van der Waals surface area contributed by atoms with Crippen molar-refractivity contribution in [3.63, 3.8) is 0 Å². The Bertz CT molecular complexity index is 134. The van der Waals surface area contributed by atoms with Gasteiger partial charge in [-0.15, -0.1) is 0 Å². The van der Waals surface area contributed by atoms with Crippen molar-refractivity contribution in [2.75, 3.05) is 25.8 Å². The third-order valence-electron chi connectivity index (χ3n) is 2.55. The molecule has 0 aliphatic carbocycles. The molecule has 0 N–H and O–H groups in total. The smallest absolute Gasteiger partial charge is 0.377 e. The first-order valence-corrected chi connectivity index (χ1v) is 8.92. The summed E-state index contributed by atoms with van der Waals surface area (Å²) in [6.07, 6.45) is 6.38. The van der Waals surface area contributed by atoms with Crippen LogP contribution in [0, 0.1) is 0 Å². The topological polar surface area (TPSA) is 27.7 Å². The average molecular weight is 346 g/mol. The second-order valence-electron chi connectivity index (χ2n) is 3.50. The van der Waals surface area contributed by atoms with Crippen molar-refractivity contribution in [1.29, 1.82) is 0 Å². The van der Waals surface area contributed by atoms with Gasteiger partial charge in [0.15, 0.2) is 0 Å². The van der Waals surface area contributed by atoms with E-state index in [9.17, 15) is 0 Å². The van der Waals surface area contributed by atoms with Gasteiger partial charge < -0.3 is 13.3 Å². The van der Waals surface area contributed by atoms with Gasteiger partial charge in [0.2, 0.25) is 0 Å². The van der Waals surface area contributed by atoms with E-state index in [1.807, 2.05) is 0 Å². The highest BCUT2D eigenvalue weighted by Gasteiger charge is 2.36. The lowest BCUT2D eigenvalue weighted by Crippen LogP contribution is -2.42. The van der Waals surface area contributed by atoms with Gasteiger partial charge in [-0.2, -0.15) is 0 Å². The van der Waals surface area contributed by atoms with E-state index in [1.54, 1.807) is 21.3 Å². The summed E-state index contributed by atoms with van der Waals surface area (Å²) in [4.78, 5) is 0. The van der Waals surface area contributed by atoms with Gasteiger partial charge in [0.05, 0.1) is 0 Å². The molecule has 0 saturated carbocycles. The van der Waals surface area contributed by atoms with Gasteiger partial charge in [-0.25, -0.2) is 0 Å². The minimum atomic E-state index is -2.29. The van der Waals surface area contributed by atoms with E-state index in [4.69, 9.17) is 13.3 Å². The van der Waals surface area contributed by atoms with Gasteiger partial charge in [0, 0.05) is 27.4 Å². The van der Waals surface area contributed by atoms with Gasteiger partial charge in [-0.05, 0) is 17.3 Å². The highest BCUT2D eigenvalue weighted by molar-refractivity contribution is 14.1. The van der Waals surface area contributed by atoms with Crippen LogP contribution in [0.25, 0.3) is 0 Å². The zero-order chi connectivity index (χ0) is 11.6. The lowest BCUT2D eigenvalue weighted by atomic mass is 10.2. The molecule has 92 valence electrons. The number of hydrogen-bond donors (Lipinski definition) is 0. The summed E-state index contributed by atoms with van der Waals surface area (Å²) in [6, 6.07) is 0.931. The molecule has 3 nitrogen and oxygen atoms in total. The summed E-state index contributed by atoms with van der Waals surface area (Å²) in [5.74, 6) is 0. The van der Waals surface area contributed by atoms with Crippen LogP contribution in [-0.2, 0) is 13.3 Å². The summed E-state index contributed by atoms with van der Waals surface area (Å²) in [7, 11) is 2.74. The minimum Gasteiger partial charge on any atom is -0.377 e. The fourth-order valence-corrected chi connectivity index (χ4v) is 3.86. The predicted molar refractivity (Wildman–Crippen MR) is 73.6 cm³/mol. The van der Waals surface area contributed by atoms with Gasteiger partial charge in [-0.3, -0.25) is 0 Å². The Labute approximate surface area is 108 Å². The second kappa shape index (κ2) is 10.0. The van der Waals surface area contributed by atoms with Crippen molar-refractivity contribution < 1.29 is 13.3 Å². The van der Waals surface area contributed by atoms with E-state index >= 15 is 0 Å². The Morgan fingerprint density at radius 1 is 0.800 bits per heavy atom. The van der Waals surface area contributed by atoms with Crippen LogP contribution >= 0.6 is 22.6 Å². The Balaban J connectivity index is 3.54. The Kier molecular flexibility index (Phi) is 10.6. The van der Waals surface area contributed by atoms with Gasteiger partial charge in [-0.1, -0.05) is 41.9 Å². The fourth-order valence-electron chi connectivity index (χ4n) is 1.52. The Hall–Kier alpha value is 0.827. The van der Waals surface area contributed by atoms with Crippen LogP contribution in [-0.4, -0.2) is 34.6 Å². The first kappa shape index (κ1) is 15.8. The normalized spacial score (nSPS) is 12.0. The molecule has 0 rings (SSSR count). The lowest BCUT2D eigenvalue weighted by Gasteiger charge is -2.24. The summed E-state index contributed by atoms with van der Waals surface area (Å²) in [6.45, 7) is 0. The SMILES string of the molecule is CO[Si](CCCCCCCI)(OC)OC. The van der Waals surface area contributed by atoms with Crippen LogP contribution in [0.1, 0.15) is 32.1 Å². The third kappa shape index (κ3) is 6.88. The minimum absolute atomic E-state index is 0.931. The molecule has 0 aromatic carbocycles. The maximum atomic E-state index is 5.36. The van der Waals surface area contributed by atoms with Gasteiger partial charge in [0.25, 0.3) is 0 Å². The van der Waals surface area contributed by atoms with Crippen LogP contribution in [0.4, 0.5) is 0 Å². The molecule has 0 aromatic heterocycles. The molecular weight excluding hydrogens is 323 g/mol. The molecule has 0 saturated heterocycles. The summed E-state index contributed by atoms with van der Waals surface area (Å²) >= 11 is 2.43. The predicted octanol–water partition coefficient (Wildman–Crippen LogP) is 3.25. The van der Waals surface area contributed by atoms with E-state index < -0.39 is 8.80 Å². The second-order valence-corrected chi connectivity index (χ2v) is 7.67. The molecule has 0 atom stereocenters. The fraction of sp³-hybridized carbons (Fsp3) is 1.00. The zero-order valence-electron chi connectivity index (χ0n) is 10.1. The average Bonchev–Trinajstić information content (AvgIpc) is 2.29. The third-order valence-corrected chi connectivity index (χ3v) is 6.14. The van der Waals surface area contributed by atoms with E-state index in [1.165, 1.54) is 30.1 Å².